The minimum Gasteiger partial charge on any atom is -0.390 e. The maximum Gasteiger partial charge on any atom is 0.235 e. The summed E-state index contributed by atoms with van der Waals surface area (Å²) in [6.45, 7) is 0.815. The molecule has 1 saturated heterocycles. The van der Waals surface area contributed by atoms with Crippen molar-refractivity contribution >= 4 is 11.8 Å². The van der Waals surface area contributed by atoms with Gasteiger partial charge in [0, 0.05) is 13.1 Å². The highest BCUT2D eigenvalue weighted by molar-refractivity contribution is 6.02. The number of aliphatic hydroxyl groups excluding tert-OH is 1. The molecule has 96 valence electrons. The summed E-state index contributed by atoms with van der Waals surface area (Å²) in [5, 5.41) is 14.8. The maximum absolute atomic E-state index is 11.8. The number of carbonyl (C=O) groups is 2. The van der Waals surface area contributed by atoms with Gasteiger partial charge in [-0.25, -0.2) is 0 Å². The molecule has 0 radical (unpaired) electrons. The lowest BCUT2D eigenvalue weighted by atomic mass is 9.89. The van der Waals surface area contributed by atoms with Crippen molar-refractivity contribution in [1.29, 1.82) is 0 Å². The van der Waals surface area contributed by atoms with E-state index >= 15 is 0 Å². The Morgan fingerprint density at radius 1 is 1.35 bits per heavy atom. The lowest BCUT2D eigenvalue weighted by Gasteiger charge is -2.22. The molecule has 1 heterocycles. The van der Waals surface area contributed by atoms with Crippen LogP contribution in [0.2, 0.25) is 0 Å². The second-order valence-electron chi connectivity index (χ2n) is 5.04. The first-order chi connectivity index (χ1) is 8.18. The SMILES string of the molecule is O=C(NCC1CCCCC1)C1C(=O)NCC1O. The van der Waals surface area contributed by atoms with Crippen LogP contribution in [-0.2, 0) is 9.59 Å². The van der Waals surface area contributed by atoms with E-state index in [0.29, 0.717) is 12.5 Å². The number of β-amino-alcohol motifs (C(OH)–C–C–N with tert-alkyl or cyclic N) is 1. The van der Waals surface area contributed by atoms with E-state index in [1.165, 1.54) is 19.3 Å². The van der Waals surface area contributed by atoms with E-state index < -0.39 is 12.0 Å². The van der Waals surface area contributed by atoms with Crippen LogP contribution >= 0.6 is 0 Å². The van der Waals surface area contributed by atoms with Gasteiger partial charge in [0.2, 0.25) is 11.8 Å². The Labute approximate surface area is 101 Å². The minimum atomic E-state index is -0.918. The summed E-state index contributed by atoms with van der Waals surface area (Å²) in [6, 6.07) is 0. The molecule has 2 amide bonds. The molecular formula is C12H20N2O3. The van der Waals surface area contributed by atoms with Gasteiger partial charge in [-0.05, 0) is 18.8 Å². The fourth-order valence-electron chi connectivity index (χ4n) is 2.65. The third-order valence-corrected chi connectivity index (χ3v) is 3.72. The second-order valence-corrected chi connectivity index (χ2v) is 5.04. The van der Waals surface area contributed by atoms with Crippen LogP contribution in [-0.4, -0.2) is 36.1 Å². The average molecular weight is 240 g/mol. The van der Waals surface area contributed by atoms with Crippen molar-refractivity contribution in [3.63, 3.8) is 0 Å². The fourth-order valence-corrected chi connectivity index (χ4v) is 2.65. The van der Waals surface area contributed by atoms with E-state index in [0.717, 1.165) is 12.8 Å². The van der Waals surface area contributed by atoms with Crippen molar-refractivity contribution in [2.45, 2.75) is 38.2 Å². The Bertz CT molecular complexity index is 300. The van der Waals surface area contributed by atoms with Crippen LogP contribution in [0.15, 0.2) is 0 Å². The van der Waals surface area contributed by atoms with Gasteiger partial charge in [-0.15, -0.1) is 0 Å². The molecule has 1 aliphatic heterocycles. The monoisotopic (exact) mass is 240 g/mol. The maximum atomic E-state index is 11.8. The second kappa shape index (κ2) is 5.49. The lowest BCUT2D eigenvalue weighted by molar-refractivity contribution is -0.135. The topological polar surface area (TPSA) is 78.4 Å². The van der Waals surface area contributed by atoms with Crippen LogP contribution in [0.3, 0.4) is 0 Å². The molecule has 0 aromatic rings. The van der Waals surface area contributed by atoms with Gasteiger partial charge < -0.3 is 15.7 Å². The van der Waals surface area contributed by atoms with Gasteiger partial charge in [-0.3, -0.25) is 9.59 Å². The zero-order valence-corrected chi connectivity index (χ0v) is 9.95. The Hall–Kier alpha value is -1.10. The first kappa shape index (κ1) is 12.4. The highest BCUT2D eigenvalue weighted by Crippen LogP contribution is 2.23. The zero-order chi connectivity index (χ0) is 12.3. The summed E-state index contributed by atoms with van der Waals surface area (Å²) in [5.74, 6) is -1.08. The minimum absolute atomic E-state index is 0.181. The van der Waals surface area contributed by atoms with E-state index in [1.807, 2.05) is 0 Å². The van der Waals surface area contributed by atoms with Gasteiger partial charge in [0.1, 0.15) is 5.92 Å². The summed E-state index contributed by atoms with van der Waals surface area (Å²) >= 11 is 0. The molecule has 2 fully saturated rings. The third-order valence-electron chi connectivity index (χ3n) is 3.72. The van der Waals surface area contributed by atoms with E-state index in [-0.39, 0.29) is 18.4 Å². The van der Waals surface area contributed by atoms with Crippen LogP contribution < -0.4 is 10.6 Å². The predicted octanol–water partition coefficient (Wildman–Crippen LogP) is -0.210. The smallest absolute Gasteiger partial charge is 0.235 e. The van der Waals surface area contributed by atoms with Gasteiger partial charge in [0.25, 0.3) is 0 Å². The molecule has 2 atom stereocenters. The van der Waals surface area contributed by atoms with Crippen molar-refractivity contribution in [2.75, 3.05) is 13.1 Å². The van der Waals surface area contributed by atoms with Crippen molar-refractivity contribution < 1.29 is 14.7 Å². The van der Waals surface area contributed by atoms with Crippen LogP contribution in [0.4, 0.5) is 0 Å². The largest absolute Gasteiger partial charge is 0.390 e. The molecule has 5 heteroatoms. The van der Waals surface area contributed by atoms with Crippen LogP contribution in [0.5, 0.6) is 0 Å². The predicted molar refractivity (Wildman–Crippen MR) is 62.1 cm³/mol. The highest BCUT2D eigenvalue weighted by atomic mass is 16.3. The first-order valence-electron chi connectivity index (χ1n) is 6.42. The van der Waals surface area contributed by atoms with Crippen LogP contribution in [0.25, 0.3) is 0 Å². The van der Waals surface area contributed by atoms with E-state index in [4.69, 9.17) is 0 Å². The number of rotatable bonds is 3. The molecule has 17 heavy (non-hydrogen) atoms. The molecular weight excluding hydrogens is 220 g/mol. The van der Waals surface area contributed by atoms with Gasteiger partial charge in [-0.1, -0.05) is 19.3 Å². The summed E-state index contributed by atoms with van der Waals surface area (Å²) in [7, 11) is 0. The Kier molecular flexibility index (Phi) is 3.99. The Balaban J connectivity index is 1.78. The molecule has 0 spiro atoms. The average Bonchev–Trinajstić information content (AvgIpc) is 2.67. The molecule has 2 aliphatic rings. The number of nitrogens with one attached hydrogen (secondary N) is 2. The quantitative estimate of drug-likeness (QED) is 0.597. The van der Waals surface area contributed by atoms with E-state index in [1.54, 1.807) is 0 Å². The number of hydrogen-bond acceptors (Lipinski definition) is 3. The Morgan fingerprint density at radius 2 is 2.06 bits per heavy atom. The van der Waals surface area contributed by atoms with Crippen LogP contribution in [0.1, 0.15) is 32.1 Å². The standard InChI is InChI=1S/C12H20N2O3/c15-9-7-14-12(17)10(9)11(16)13-6-8-4-2-1-3-5-8/h8-10,15H,1-7H2,(H,13,16)(H,14,17). The normalized spacial score (nSPS) is 30.1. The summed E-state index contributed by atoms with van der Waals surface area (Å²) in [6.07, 6.45) is 5.17. The van der Waals surface area contributed by atoms with Crippen molar-refractivity contribution in [2.24, 2.45) is 11.8 Å². The van der Waals surface area contributed by atoms with Gasteiger partial charge in [0.05, 0.1) is 6.10 Å². The molecule has 0 aromatic carbocycles. The molecule has 3 N–H and O–H groups in total. The number of hydrogen-bond donors (Lipinski definition) is 3. The molecule has 1 saturated carbocycles. The first-order valence-corrected chi connectivity index (χ1v) is 6.42. The van der Waals surface area contributed by atoms with Crippen LogP contribution in [0, 0.1) is 11.8 Å². The molecule has 2 unspecified atom stereocenters. The van der Waals surface area contributed by atoms with Crippen molar-refractivity contribution in [3.05, 3.63) is 0 Å². The Morgan fingerprint density at radius 3 is 2.65 bits per heavy atom. The summed E-state index contributed by atoms with van der Waals surface area (Å²) < 4.78 is 0. The highest BCUT2D eigenvalue weighted by Gasteiger charge is 2.39. The molecule has 0 bridgehead atoms. The number of carbonyl (C=O) groups excluding carboxylic acids is 2. The molecule has 2 rings (SSSR count). The van der Waals surface area contributed by atoms with Crippen molar-refractivity contribution in [1.82, 2.24) is 10.6 Å². The summed E-state index contributed by atoms with van der Waals surface area (Å²) in [4.78, 5) is 23.1. The number of amides is 2. The van der Waals surface area contributed by atoms with E-state index in [9.17, 15) is 14.7 Å². The molecule has 1 aliphatic carbocycles. The van der Waals surface area contributed by atoms with Gasteiger partial charge in [0.15, 0.2) is 0 Å². The lowest BCUT2D eigenvalue weighted by Crippen LogP contribution is -2.41. The third kappa shape index (κ3) is 2.97. The summed E-state index contributed by atoms with van der Waals surface area (Å²) in [5.41, 5.74) is 0. The van der Waals surface area contributed by atoms with Gasteiger partial charge >= 0.3 is 0 Å². The van der Waals surface area contributed by atoms with Crippen molar-refractivity contribution in [3.8, 4) is 0 Å². The molecule has 5 nitrogen and oxygen atoms in total. The molecule has 0 aromatic heterocycles. The number of aliphatic hydroxyl groups is 1. The zero-order valence-electron chi connectivity index (χ0n) is 9.95. The fraction of sp³-hybridized carbons (Fsp3) is 0.833. The van der Waals surface area contributed by atoms with Gasteiger partial charge in [-0.2, -0.15) is 0 Å². The van der Waals surface area contributed by atoms with E-state index in [2.05, 4.69) is 10.6 Å².